The highest BCUT2D eigenvalue weighted by Crippen LogP contribution is 2.33. The number of hydrogen-bond donors (Lipinski definition) is 0. The number of benzene rings is 2. The summed E-state index contributed by atoms with van der Waals surface area (Å²) in [6.07, 6.45) is 0.789. The molecule has 1 heterocycles. The highest BCUT2D eigenvalue weighted by Gasteiger charge is 2.11. The molecule has 5 heteroatoms. The largest absolute Gasteiger partial charge is 0.497 e. The Bertz CT molecular complexity index is 799. The maximum atomic E-state index is 6.10. The summed E-state index contributed by atoms with van der Waals surface area (Å²) >= 11 is 7.73. The lowest BCUT2D eigenvalue weighted by Gasteiger charge is -2.06. The minimum atomic E-state index is 0.672. The smallest absolute Gasteiger partial charge is 0.128 e. The lowest BCUT2D eigenvalue weighted by molar-refractivity contribution is 0.414. The zero-order valence-corrected chi connectivity index (χ0v) is 14.4. The summed E-state index contributed by atoms with van der Waals surface area (Å²) in [6.45, 7) is 0. The molecule has 0 aliphatic carbocycles. The van der Waals surface area contributed by atoms with Crippen LogP contribution in [0.4, 0.5) is 0 Å². The minimum absolute atomic E-state index is 0.672. The molecule has 2 aromatic carbocycles. The number of hydrogen-bond acceptors (Lipinski definition) is 4. The van der Waals surface area contributed by atoms with Gasteiger partial charge in [-0.05, 0) is 35.9 Å². The van der Waals surface area contributed by atoms with E-state index in [9.17, 15) is 0 Å². The molecular formula is C18H16ClNO2S. The quantitative estimate of drug-likeness (QED) is 0.646. The molecule has 0 bridgehead atoms. The molecule has 23 heavy (non-hydrogen) atoms. The molecule has 0 unspecified atom stereocenters. The van der Waals surface area contributed by atoms with Crippen molar-refractivity contribution in [1.82, 2.24) is 4.98 Å². The Kier molecular flexibility index (Phi) is 4.84. The van der Waals surface area contributed by atoms with E-state index in [1.807, 2.05) is 35.7 Å². The molecule has 0 aliphatic heterocycles. The van der Waals surface area contributed by atoms with Crippen LogP contribution in [0.3, 0.4) is 0 Å². The first-order chi connectivity index (χ1) is 11.2. The third kappa shape index (κ3) is 3.66. The van der Waals surface area contributed by atoms with Crippen LogP contribution in [0, 0.1) is 0 Å². The predicted molar refractivity (Wildman–Crippen MR) is 94.9 cm³/mol. The van der Waals surface area contributed by atoms with Crippen molar-refractivity contribution in [3.05, 3.63) is 63.4 Å². The van der Waals surface area contributed by atoms with Gasteiger partial charge in [-0.1, -0.05) is 23.7 Å². The average Bonchev–Trinajstić information content (AvgIpc) is 3.04. The van der Waals surface area contributed by atoms with E-state index in [1.54, 1.807) is 25.6 Å². The van der Waals surface area contributed by atoms with Crippen LogP contribution in [0.2, 0.25) is 5.02 Å². The normalized spacial score (nSPS) is 10.6. The topological polar surface area (TPSA) is 31.4 Å². The molecule has 0 atom stereocenters. The lowest BCUT2D eigenvalue weighted by Crippen LogP contribution is -1.90. The summed E-state index contributed by atoms with van der Waals surface area (Å²) in [5, 5.41) is 3.75. The Morgan fingerprint density at radius 2 is 1.83 bits per heavy atom. The molecule has 0 spiro atoms. The minimum Gasteiger partial charge on any atom is -0.497 e. The van der Waals surface area contributed by atoms with Gasteiger partial charge in [0.1, 0.15) is 11.5 Å². The van der Waals surface area contributed by atoms with Crippen LogP contribution in [0.1, 0.15) is 10.6 Å². The maximum Gasteiger partial charge on any atom is 0.128 e. The molecule has 0 amide bonds. The second-order valence-corrected chi connectivity index (χ2v) is 6.38. The van der Waals surface area contributed by atoms with Gasteiger partial charge < -0.3 is 9.47 Å². The standard InChI is InChI=1S/C18H16ClNO2S/c1-21-14-6-3-12(4-7-14)9-18-20-16(11-23-18)15-10-13(19)5-8-17(15)22-2/h3-8,10-11H,9H2,1-2H3. The number of thiazole rings is 1. The molecule has 0 fully saturated rings. The number of nitrogens with zero attached hydrogens (tertiary/aromatic N) is 1. The van der Waals surface area contributed by atoms with Gasteiger partial charge in [-0.3, -0.25) is 0 Å². The Labute approximate surface area is 144 Å². The molecule has 1 aromatic heterocycles. The summed E-state index contributed by atoms with van der Waals surface area (Å²) in [7, 11) is 3.32. The Hall–Kier alpha value is -2.04. The van der Waals surface area contributed by atoms with Gasteiger partial charge in [0.2, 0.25) is 0 Å². The Morgan fingerprint density at radius 1 is 1.04 bits per heavy atom. The second-order valence-electron chi connectivity index (χ2n) is 5.00. The number of aromatic nitrogens is 1. The van der Waals surface area contributed by atoms with Gasteiger partial charge in [-0.25, -0.2) is 4.98 Å². The van der Waals surface area contributed by atoms with Crippen molar-refractivity contribution in [2.24, 2.45) is 0 Å². The first kappa shape index (κ1) is 15.8. The van der Waals surface area contributed by atoms with Gasteiger partial charge in [-0.2, -0.15) is 0 Å². The van der Waals surface area contributed by atoms with E-state index in [0.29, 0.717) is 5.02 Å². The molecule has 0 N–H and O–H groups in total. The zero-order chi connectivity index (χ0) is 16.2. The summed E-state index contributed by atoms with van der Waals surface area (Å²) in [4.78, 5) is 4.72. The van der Waals surface area contributed by atoms with Crippen LogP contribution < -0.4 is 9.47 Å². The van der Waals surface area contributed by atoms with Gasteiger partial charge in [0.15, 0.2) is 0 Å². The van der Waals surface area contributed by atoms with Crippen molar-refractivity contribution >= 4 is 22.9 Å². The van der Waals surface area contributed by atoms with Crippen molar-refractivity contribution in [2.45, 2.75) is 6.42 Å². The SMILES string of the molecule is COc1ccc(Cc2nc(-c3cc(Cl)ccc3OC)cs2)cc1. The van der Waals surface area contributed by atoms with Crippen molar-refractivity contribution in [1.29, 1.82) is 0 Å². The summed E-state index contributed by atoms with van der Waals surface area (Å²) in [5.74, 6) is 1.63. The lowest BCUT2D eigenvalue weighted by atomic mass is 10.1. The van der Waals surface area contributed by atoms with Crippen LogP contribution in [-0.2, 0) is 6.42 Å². The van der Waals surface area contributed by atoms with Gasteiger partial charge in [0.25, 0.3) is 0 Å². The predicted octanol–water partition coefficient (Wildman–Crippen LogP) is 5.07. The van der Waals surface area contributed by atoms with E-state index >= 15 is 0 Å². The highest BCUT2D eigenvalue weighted by atomic mass is 35.5. The fourth-order valence-electron chi connectivity index (χ4n) is 2.31. The number of methoxy groups -OCH3 is 2. The average molecular weight is 346 g/mol. The van der Waals surface area contributed by atoms with Crippen LogP contribution in [0.5, 0.6) is 11.5 Å². The van der Waals surface area contributed by atoms with Crippen LogP contribution in [0.15, 0.2) is 47.8 Å². The third-order valence-corrected chi connectivity index (χ3v) is 4.59. The van der Waals surface area contributed by atoms with Crippen molar-refractivity contribution in [2.75, 3.05) is 14.2 Å². The summed E-state index contributed by atoms with van der Waals surface area (Å²) in [5.41, 5.74) is 3.00. The maximum absolute atomic E-state index is 6.10. The third-order valence-electron chi connectivity index (χ3n) is 3.50. The second kappa shape index (κ2) is 7.02. The van der Waals surface area contributed by atoms with Crippen molar-refractivity contribution < 1.29 is 9.47 Å². The monoisotopic (exact) mass is 345 g/mol. The van der Waals surface area contributed by atoms with E-state index in [4.69, 9.17) is 26.1 Å². The molecule has 3 rings (SSSR count). The highest BCUT2D eigenvalue weighted by molar-refractivity contribution is 7.10. The molecule has 0 aliphatic rings. The van der Waals surface area contributed by atoms with E-state index in [-0.39, 0.29) is 0 Å². The van der Waals surface area contributed by atoms with Gasteiger partial charge in [-0.15, -0.1) is 11.3 Å². The van der Waals surface area contributed by atoms with Crippen LogP contribution in [-0.4, -0.2) is 19.2 Å². The molecule has 3 nitrogen and oxygen atoms in total. The van der Waals surface area contributed by atoms with Crippen LogP contribution >= 0.6 is 22.9 Å². The van der Waals surface area contributed by atoms with Crippen molar-refractivity contribution in [3.63, 3.8) is 0 Å². The van der Waals surface area contributed by atoms with E-state index < -0.39 is 0 Å². The number of rotatable bonds is 5. The fraction of sp³-hybridized carbons (Fsp3) is 0.167. The molecule has 0 radical (unpaired) electrons. The molecule has 3 aromatic rings. The summed E-state index contributed by atoms with van der Waals surface area (Å²) < 4.78 is 10.6. The van der Waals surface area contributed by atoms with Crippen molar-refractivity contribution in [3.8, 4) is 22.8 Å². The van der Waals surface area contributed by atoms with Gasteiger partial charge in [0, 0.05) is 22.4 Å². The van der Waals surface area contributed by atoms with Crippen LogP contribution in [0.25, 0.3) is 11.3 Å². The molecular weight excluding hydrogens is 330 g/mol. The molecule has 0 saturated carbocycles. The first-order valence-corrected chi connectivity index (χ1v) is 8.36. The summed E-state index contributed by atoms with van der Waals surface area (Å²) in [6, 6.07) is 13.6. The van der Waals surface area contributed by atoms with E-state index in [1.165, 1.54) is 5.56 Å². The molecule has 118 valence electrons. The van der Waals surface area contributed by atoms with E-state index in [2.05, 4.69) is 12.1 Å². The number of halogens is 1. The fourth-order valence-corrected chi connectivity index (χ4v) is 3.31. The Morgan fingerprint density at radius 3 is 2.52 bits per heavy atom. The van der Waals surface area contributed by atoms with E-state index in [0.717, 1.165) is 34.2 Å². The Balaban J connectivity index is 1.84. The molecule has 0 saturated heterocycles. The van der Waals surface area contributed by atoms with Gasteiger partial charge >= 0.3 is 0 Å². The zero-order valence-electron chi connectivity index (χ0n) is 12.9. The number of ether oxygens (including phenoxy) is 2. The van der Waals surface area contributed by atoms with Gasteiger partial charge in [0.05, 0.1) is 24.9 Å². The first-order valence-electron chi connectivity index (χ1n) is 7.11.